The Morgan fingerprint density at radius 3 is 1.40 bits per heavy atom. The molecule has 0 aromatic heterocycles. The second-order valence-electron chi connectivity index (χ2n) is 7.87. The third-order valence-corrected chi connectivity index (χ3v) is 6.65. The topological polar surface area (TPSA) is 0 Å². The molecule has 0 saturated carbocycles. The molecular formula is C24H40Ba. The van der Waals surface area contributed by atoms with Gasteiger partial charge in [0.2, 0.25) is 0 Å². The largest absolute Gasteiger partial charge is 0.0651 e. The van der Waals surface area contributed by atoms with Crippen LogP contribution in [0.1, 0.15) is 94.9 Å². The van der Waals surface area contributed by atoms with Gasteiger partial charge in [-0.15, -0.1) is 0 Å². The van der Waals surface area contributed by atoms with Crippen LogP contribution >= 0.6 is 0 Å². The van der Waals surface area contributed by atoms with Crippen LogP contribution < -0.4 is 0 Å². The van der Waals surface area contributed by atoms with Crippen LogP contribution in [0.5, 0.6) is 0 Å². The number of hydrogen-bond donors (Lipinski definition) is 0. The second-order valence-corrected chi connectivity index (χ2v) is 7.87. The maximum atomic E-state index is 2.33. The maximum Gasteiger partial charge on any atom is 0 e. The summed E-state index contributed by atoms with van der Waals surface area (Å²) in [6, 6.07) is 0. The van der Waals surface area contributed by atoms with Gasteiger partial charge in [0.1, 0.15) is 0 Å². The van der Waals surface area contributed by atoms with Gasteiger partial charge in [-0.1, -0.05) is 62.8 Å². The maximum absolute atomic E-state index is 2.33. The summed E-state index contributed by atoms with van der Waals surface area (Å²) in [5.41, 5.74) is 12.7. The zero-order valence-electron chi connectivity index (χ0n) is 18.7. The molecule has 25 heavy (non-hydrogen) atoms. The normalized spacial score (nSPS) is 23.3. The Kier molecular flexibility index (Phi) is 11.6. The van der Waals surface area contributed by atoms with E-state index in [-0.39, 0.29) is 48.9 Å². The van der Waals surface area contributed by atoms with Crippen molar-refractivity contribution < 1.29 is 0 Å². The number of allylic oxidation sites excluding steroid dienone is 8. The van der Waals surface area contributed by atoms with Crippen molar-refractivity contribution in [2.75, 3.05) is 0 Å². The molecule has 2 aliphatic carbocycles. The van der Waals surface area contributed by atoms with Gasteiger partial charge in [0, 0.05) is 48.9 Å². The van der Waals surface area contributed by atoms with Crippen LogP contribution in [0.15, 0.2) is 44.6 Å². The van der Waals surface area contributed by atoms with Gasteiger partial charge < -0.3 is 0 Å². The van der Waals surface area contributed by atoms with Crippen molar-refractivity contribution in [3.8, 4) is 0 Å². The monoisotopic (exact) mass is 466 g/mol. The Labute approximate surface area is 198 Å². The summed E-state index contributed by atoms with van der Waals surface area (Å²) in [7, 11) is 0. The van der Waals surface area contributed by atoms with Crippen LogP contribution in [0.3, 0.4) is 0 Å². The zero-order chi connectivity index (χ0) is 18.6. The van der Waals surface area contributed by atoms with Gasteiger partial charge in [0.25, 0.3) is 0 Å². The van der Waals surface area contributed by atoms with E-state index in [2.05, 4.69) is 69.2 Å². The predicted molar refractivity (Wildman–Crippen MR) is 116 cm³/mol. The van der Waals surface area contributed by atoms with Crippen LogP contribution in [0, 0.1) is 11.8 Å². The summed E-state index contributed by atoms with van der Waals surface area (Å²) in [5.74, 6) is 1.41. The Bertz CT molecular complexity index is 596. The third kappa shape index (κ3) is 5.75. The number of rotatable bonds is 4. The second kappa shape index (κ2) is 11.4. The van der Waals surface area contributed by atoms with Crippen molar-refractivity contribution in [2.45, 2.75) is 94.9 Å². The van der Waals surface area contributed by atoms with E-state index in [9.17, 15) is 0 Å². The summed E-state index contributed by atoms with van der Waals surface area (Å²) >= 11 is 0. The minimum atomic E-state index is 0. The van der Waals surface area contributed by atoms with E-state index in [4.69, 9.17) is 0 Å². The smallest absolute Gasteiger partial charge is 0 e. The fourth-order valence-electron chi connectivity index (χ4n) is 4.20. The molecule has 0 saturated heterocycles. The molecule has 0 fully saturated rings. The summed E-state index contributed by atoms with van der Waals surface area (Å²) in [5, 5.41) is 0. The SMILES string of the molecule is CCCC1=C(C)C(C)=C(C)C1C.CCCC1=C(C)C(C)C(C)=C1C.[Ba]. The minimum absolute atomic E-state index is 0. The van der Waals surface area contributed by atoms with Gasteiger partial charge in [-0.05, 0) is 88.5 Å². The van der Waals surface area contributed by atoms with Crippen molar-refractivity contribution in [1.82, 2.24) is 0 Å². The van der Waals surface area contributed by atoms with Gasteiger partial charge >= 0.3 is 0 Å². The molecule has 138 valence electrons. The molecule has 2 rings (SSSR count). The zero-order valence-corrected chi connectivity index (χ0v) is 23.1. The van der Waals surface area contributed by atoms with Crippen molar-refractivity contribution in [3.63, 3.8) is 0 Å². The molecule has 0 heterocycles. The minimum Gasteiger partial charge on any atom is -0.0651 e. The third-order valence-electron chi connectivity index (χ3n) is 6.65. The molecule has 0 aliphatic heterocycles. The van der Waals surface area contributed by atoms with E-state index in [0.717, 1.165) is 0 Å². The first-order chi connectivity index (χ1) is 11.2. The van der Waals surface area contributed by atoms with Crippen molar-refractivity contribution in [2.24, 2.45) is 11.8 Å². The van der Waals surface area contributed by atoms with Gasteiger partial charge in [-0.25, -0.2) is 0 Å². The summed E-state index contributed by atoms with van der Waals surface area (Å²) in [6.45, 7) is 22.8. The van der Waals surface area contributed by atoms with Gasteiger partial charge in [-0.2, -0.15) is 0 Å². The first kappa shape index (κ1) is 25.5. The molecule has 2 atom stereocenters. The van der Waals surface area contributed by atoms with Crippen molar-refractivity contribution in [1.29, 1.82) is 0 Å². The van der Waals surface area contributed by atoms with Crippen LogP contribution in [0.25, 0.3) is 0 Å². The van der Waals surface area contributed by atoms with Crippen LogP contribution in [-0.2, 0) is 0 Å². The first-order valence-electron chi connectivity index (χ1n) is 9.93. The quantitative estimate of drug-likeness (QED) is 0.371. The molecule has 2 unspecified atom stereocenters. The van der Waals surface area contributed by atoms with Crippen molar-refractivity contribution >= 4 is 48.9 Å². The van der Waals surface area contributed by atoms with Gasteiger partial charge in [-0.3, -0.25) is 0 Å². The Hall–Kier alpha value is 0.531. The molecule has 0 N–H and O–H groups in total. The molecule has 0 spiro atoms. The van der Waals surface area contributed by atoms with Crippen LogP contribution in [-0.4, -0.2) is 48.9 Å². The van der Waals surface area contributed by atoms with E-state index in [1.165, 1.54) is 31.3 Å². The van der Waals surface area contributed by atoms with Crippen LogP contribution in [0.4, 0.5) is 0 Å². The van der Waals surface area contributed by atoms with E-state index in [1.807, 2.05) is 0 Å². The first-order valence-corrected chi connectivity index (χ1v) is 9.93. The average Bonchev–Trinajstić information content (AvgIpc) is 2.86. The average molecular weight is 466 g/mol. The Morgan fingerprint density at radius 2 is 1.08 bits per heavy atom. The number of hydrogen-bond acceptors (Lipinski definition) is 0. The standard InChI is InChI=1S/2C12H20.Ba/c2*1-6-7-12-10(4)8(2)9(3)11(12)5;/h10H,6-7H2,1-5H3;8H,6-7H2,1-5H3;. The predicted octanol–water partition coefficient (Wildman–Crippen LogP) is 7.80. The Morgan fingerprint density at radius 1 is 0.600 bits per heavy atom. The summed E-state index contributed by atoms with van der Waals surface area (Å²) in [6.07, 6.45) is 5.09. The van der Waals surface area contributed by atoms with Crippen LogP contribution in [0.2, 0.25) is 0 Å². The Balaban J connectivity index is 0.000000443. The molecule has 0 nitrogen and oxygen atoms in total. The van der Waals surface area contributed by atoms with E-state index in [1.54, 1.807) is 39.0 Å². The fraction of sp³-hybridized carbons (Fsp3) is 0.667. The van der Waals surface area contributed by atoms with Crippen molar-refractivity contribution in [3.05, 3.63) is 44.6 Å². The fourth-order valence-corrected chi connectivity index (χ4v) is 4.20. The van der Waals surface area contributed by atoms with E-state index in [0.29, 0.717) is 11.8 Å². The molecule has 0 aromatic rings. The van der Waals surface area contributed by atoms with E-state index < -0.39 is 0 Å². The summed E-state index contributed by atoms with van der Waals surface area (Å²) < 4.78 is 0. The van der Waals surface area contributed by atoms with E-state index >= 15 is 0 Å². The summed E-state index contributed by atoms with van der Waals surface area (Å²) in [4.78, 5) is 0. The molecule has 1 heteroatoms. The molecular weight excluding hydrogens is 426 g/mol. The molecule has 2 aliphatic rings. The molecule has 2 radical (unpaired) electrons. The molecule has 0 amide bonds. The molecule has 0 bridgehead atoms. The van der Waals surface area contributed by atoms with Gasteiger partial charge in [0.05, 0.1) is 0 Å². The van der Waals surface area contributed by atoms with Gasteiger partial charge in [0.15, 0.2) is 0 Å². The molecule has 0 aromatic carbocycles.